The first kappa shape index (κ1) is 8.41. The van der Waals surface area contributed by atoms with Crippen molar-refractivity contribution in [3.8, 4) is 0 Å². The largest absolute Gasteiger partial charge is 0.404 e. The predicted octanol–water partition coefficient (Wildman–Crippen LogP) is 1.87. The van der Waals surface area contributed by atoms with Gasteiger partial charge in [0.05, 0.1) is 10.4 Å². The van der Waals surface area contributed by atoms with Gasteiger partial charge in [0.1, 0.15) is 0 Å². The first-order valence-electron chi connectivity index (χ1n) is 1.99. The summed E-state index contributed by atoms with van der Waals surface area (Å²) in [4.78, 5) is 0. The molecule has 0 saturated heterocycles. The van der Waals surface area contributed by atoms with E-state index in [1.165, 1.54) is 6.20 Å². The number of halogens is 3. The molecule has 0 amide bonds. The van der Waals surface area contributed by atoms with Crippen molar-refractivity contribution in [2.24, 2.45) is 5.73 Å². The predicted molar refractivity (Wildman–Crippen MR) is 38.5 cm³/mol. The summed E-state index contributed by atoms with van der Waals surface area (Å²) in [6.45, 7) is 0. The number of nitrogens with two attached hydrogens (primary N) is 1. The Kier molecular flexibility index (Phi) is 4.53. The Balaban J connectivity index is 3.63. The molecule has 0 aliphatic rings. The third-order valence-corrected chi connectivity index (χ3v) is 1.95. The molecule has 0 aliphatic heterocycles. The number of hydrogen-bond acceptors (Lipinski definition) is 1. The molecule has 0 fully saturated rings. The highest BCUT2D eigenvalue weighted by Crippen LogP contribution is 2.13. The van der Waals surface area contributed by atoms with Crippen molar-refractivity contribution in [1.29, 1.82) is 0 Å². The molecule has 8 heavy (non-hydrogen) atoms. The SMILES string of the molecule is NC=C(Cl)C(Cl)CCl. The van der Waals surface area contributed by atoms with Crippen molar-refractivity contribution in [2.45, 2.75) is 5.38 Å². The molecule has 0 rings (SSSR count). The molecule has 2 N–H and O–H groups in total. The smallest absolute Gasteiger partial charge is 0.0841 e. The van der Waals surface area contributed by atoms with E-state index in [9.17, 15) is 0 Å². The second-order valence-corrected chi connectivity index (χ2v) is 2.45. The Morgan fingerprint density at radius 1 is 1.75 bits per heavy atom. The molecule has 0 bridgehead atoms. The molecule has 1 atom stereocenters. The zero-order chi connectivity index (χ0) is 6.57. The van der Waals surface area contributed by atoms with Crippen molar-refractivity contribution in [3.05, 3.63) is 11.2 Å². The highest BCUT2D eigenvalue weighted by molar-refractivity contribution is 6.39. The lowest BCUT2D eigenvalue weighted by atomic mass is 10.4. The summed E-state index contributed by atoms with van der Waals surface area (Å²) in [6, 6.07) is 0. The number of hydrogen-bond donors (Lipinski definition) is 1. The van der Waals surface area contributed by atoms with Crippen LogP contribution in [-0.2, 0) is 0 Å². The van der Waals surface area contributed by atoms with E-state index in [0.29, 0.717) is 5.03 Å². The van der Waals surface area contributed by atoms with Crippen LogP contribution in [0.25, 0.3) is 0 Å². The summed E-state index contributed by atoms with van der Waals surface area (Å²) in [6.07, 6.45) is 1.24. The topological polar surface area (TPSA) is 26.0 Å². The molecule has 0 aliphatic carbocycles. The molecule has 0 saturated carbocycles. The molecule has 0 spiro atoms. The molecule has 0 heterocycles. The fourth-order valence-corrected chi connectivity index (χ4v) is 0.573. The lowest BCUT2D eigenvalue weighted by Gasteiger charge is -1.99. The van der Waals surface area contributed by atoms with E-state index in [1.807, 2.05) is 0 Å². The Bertz CT molecular complexity index is 91.3. The Labute approximate surface area is 63.4 Å². The van der Waals surface area contributed by atoms with Crippen LogP contribution in [0.5, 0.6) is 0 Å². The van der Waals surface area contributed by atoms with Crippen LogP contribution in [0.1, 0.15) is 0 Å². The van der Waals surface area contributed by atoms with Crippen molar-refractivity contribution in [1.82, 2.24) is 0 Å². The molecule has 0 aromatic heterocycles. The van der Waals surface area contributed by atoms with Gasteiger partial charge in [0.25, 0.3) is 0 Å². The summed E-state index contributed by atoms with van der Waals surface area (Å²) in [5.41, 5.74) is 5.01. The maximum atomic E-state index is 5.50. The van der Waals surface area contributed by atoms with E-state index in [1.54, 1.807) is 0 Å². The van der Waals surface area contributed by atoms with Crippen molar-refractivity contribution < 1.29 is 0 Å². The van der Waals surface area contributed by atoms with E-state index in [0.717, 1.165) is 0 Å². The van der Waals surface area contributed by atoms with Crippen molar-refractivity contribution in [2.75, 3.05) is 5.88 Å². The minimum Gasteiger partial charge on any atom is -0.404 e. The van der Waals surface area contributed by atoms with E-state index in [2.05, 4.69) is 0 Å². The number of alkyl halides is 2. The fourth-order valence-electron chi connectivity index (χ4n) is 0.178. The monoisotopic (exact) mass is 173 g/mol. The van der Waals surface area contributed by atoms with E-state index in [-0.39, 0.29) is 11.3 Å². The third kappa shape index (κ3) is 2.65. The van der Waals surface area contributed by atoms with E-state index < -0.39 is 0 Å². The Hall–Kier alpha value is 0.410. The summed E-state index contributed by atoms with van der Waals surface area (Å²) in [5, 5.41) is 0.0463. The quantitative estimate of drug-likeness (QED) is 0.636. The van der Waals surface area contributed by atoms with Gasteiger partial charge in [-0.1, -0.05) is 11.6 Å². The maximum absolute atomic E-state index is 5.50. The highest BCUT2D eigenvalue weighted by atomic mass is 35.5. The molecule has 0 aromatic rings. The first-order valence-corrected chi connectivity index (χ1v) is 3.34. The normalized spacial score (nSPS) is 16.1. The summed E-state index contributed by atoms with van der Waals surface area (Å²) < 4.78 is 0. The zero-order valence-electron chi connectivity index (χ0n) is 4.07. The molecule has 1 nitrogen and oxygen atoms in total. The number of rotatable bonds is 2. The lowest BCUT2D eigenvalue weighted by Crippen LogP contribution is -2.01. The van der Waals surface area contributed by atoms with Gasteiger partial charge < -0.3 is 5.73 Å². The molecule has 0 aromatic carbocycles. The minimum absolute atomic E-state index is 0.286. The lowest BCUT2D eigenvalue weighted by molar-refractivity contribution is 1.20. The van der Waals surface area contributed by atoms with Gasteiger partial charge in [-0.05, 0) is 0 Å². The van der Waals surface area contributed by atoms with E-state index in [4.69, 9.17) is 40.5 Å². The summed E-state index contributed by atoms with van der Waals surface area (Å²) in [7, 11) is 0. The standard InChI is InChI=1S/C4H6Cl3N/c5-1-3(6)4(7)2-8/h2-3H,1,8H2. The fraction of sp³-hybridized carbons (Fsp3) is 0.500. The van der Waals surface area contributed by atoms with Crippen LogP contribution >= 0.6 is 34.8 Å². The van der Waals surface area contributed by atoms with Gasteiger partial charge in [0.2, 0.25) is 0 Å². The van der Waals surface area contributed by atoms with Crippen LogP contribution in [0.4, 0.5) is 0 Å². The molecular formula is C4H6Cl3N. The second kappa shape index (κ2) is 4.30. The average molecular weight is 174 g/mol. The van der Waals surface area contributed by atoms with Gasteiger partial charge in [0, 0.05) is 12.1 Å². The summed E-state index contributed by atoms with van der Waals surface area (Å²) in [5.74, 6) is 0.286. The van der Waals surface area contributed by atoms with Gasteiger partial charge >= 0.3 is 0 Å². The van der Waals surface area contributed by atoms with Gasteiger partial charge in [-0.25, -0.2) is 0 Å². The van der Waals surface area contributed by atoms with Gasteiger partial charge in [0.15, 0.2) is 0 Å². The van der Waals surface area contributed by atoms with Crippen LogP contribution < -0.4 is 5.73 Å². The van der Waals surface area contributed by atoms with Crippen LogP contribution in [0, 0.1) is 0 Å². The minimum atomic E-state index is -0.344. The highest BCUT2D eigenvalue weighted by Gasteiger charge is 2.04. The zero-order valence-corrected chi connectivity index (χ0v) is 6.34. The molecule has 48 valence electrons. The van der Waals surface area contributed by atoms with Crippen molar-refractivity contribution in [3.63, 3.8) is 0 Å². The first-order chi connectivity index (χ1) is 3.72. The van der Waals surface area contributed by atoms with Gasteiger partial charge in [-0.15, -0.1) is 23.2 Å². The van der Waals surface area contributed by atoms with Crippen LogP contribution in [-0.4, -0.2) is 11.3 Å². The molecule has 0 radical (unpaired) electrons. The second-order valence-electron chi connectivity index (χ2n) is 1.17. The third-order valence-electron chi connectivity index (χ3n) is 0.594. The van der Waals surface area contributed by atoms with Crippen molar-refractivity contribution >= 4 is 34.8 Å². The summed E-state index contributed by atoms with van der Waals surface area (Å²) >= 11 is 16.3. The average Bonchev–Trinajstić information content (AvgIpc) is 1.84. The van der Waals surface area contributed by atoms with E-state index >= 15 is 0 Å². The Morgan fingerprint density at radius 3 is 2.38 bits per heavy atom. The number of allylic oxidation sites excluding steroid dienone is 1. The van der Waals surface area contributed by atoms with Crippen LogP contribution in [0.2, 0.25) is 0 Å². The molecule has 4 heteroatoms. The molecular weight excluding hydrogens is 168 g/mol. The maximum Gasteiger partial charge on any atom is 0.0841 e. The van der Waals surface area contributed by atoms with Crippen LogP contribution in [0.15, 0.2) is 11.2 Å². The molecule has 1 unspecified atom stereocenters. The van der Waals surface area contributed by atoms with Crippen LogP contribution in [0.3, 0.4) is 0 Å². The van der Waals surface area contributed by atoms with Gasteiger partial charge in [-0.2, -0.15) is 0 Å². The van der Waals surface area contributed by atoms with Gasteiger partial charge in [-0.3, -0.25) is 0 Å². The Morgan fingerprint density at radius 2 is 2.25 bits per heavy atom.